The Bertz CT molecular complexity index is 497. The number of hydrogen-bond acceptors (Lipinski definition) is 5. The van der Waals surface area contributed by atoms with Gasteiger partial charge in [0.2, 0.25) is 0 Å². The van der Waals surface area contributed by atoms with E-state index in [0.717, 1.165) is 5.69 Å². The van der Waals surface area contributed by atoms with Crippen LogP contribution in [0, 0.1) is 0 Å². The van der Waals surface area contributed by atoms with Crippen molar-refractivity contribution in [1.82, 2.24) is 5.43 Å². The summed E-state index contributed by atoms with van der Waals surface area (Å²) in [5, 5.41) is 18.8. The minimum atomic E-state index is -0.306. The summed E-state index contributed by atoms with van der Waals surface area (Å²) in [6, 6.07) is 7.00. The van der Waals surface area contributed by atoms with E-state index in [9.17, 15) is 4.79 Å². The molecule has 3 N–H and O–H groups in total. The molecule has 0 radical (unpaired) electrons. The normalized spacial score (nSPS) is 12.2. The molecule has 0 atom stereocenters. The maximum atomic E-state index is 11.5. The zero-order chi connectivity index (χ0) is 14.3. The SMILES string of the molecule is CC(=N\O)/C(C)=N/NC(=O)CNc1ccc(Cl)cc1. The van der Waals surface area contributed by atoms with Gasteiger partial charge in [-0.25, -0.2) is 5.43 Å². The van der Waals surface area contributed by atoms with Crippen molar-refractivity contribution in [2.24, 2.45) is 10.3 Å². The lowest BCUT2D eigenvalue weighted by molar-refractivity contribution is -0.119. The fourth-order valence-corrected chi connectivity index (χ4v) is 1.22. The third-order valence-electron chi connectivity index (χ3n) is 2.32. The Hall–Kier alpha value is -2.08. The van der Waals surface area contributed by atoms with Gasteiger partial charge in [-0.05, 0) is 38.1 Å². The van der Waals surface area contributed by atoms with Crippen molar-refractivity contribution in [3.63, 3.8) is 0 Å². The smallest absolute Gasteiger partial charge is 0.259 e. The van der Waals surface area contributed by atoms with Crippen LogP contribution < -0.4 is 10.7 Å². The molecule has 0 saturated heterocycles. The summed E-state index contributed by atoms with van der Waals surface area (Å²) in [5.41, 5.74) is 3.90. The number of amides is 1. The van der Waals surface area contributed by atoms with E-state index in [-0.39, 0.29) is 12.5 Å². The highest BCUT2D eigenvalue weighted by Crippen LogP contribution is 2.12. The van der Waals surface area contributed by atoms with Crippen LogP contribution >= 0.6 is 11.6 Å². The van der Waals surface area contributed by atoms with Crippen LogP contribution in [0.1, 0.15) is 13.8 Å². The van der Waals surface area contributed by atoms with Gasteiger partial charge in [0.05, 0.1) is 18.0 Å². The summed E-state index contributed by atoms with van der Waals surface area (Å²) in [7, 11) is 0. The van der Waals surface area contributed by atoms with Crippen LogP contribution in [0.3, 0.4) is 0 Å². The van der Waals surface area contributed by atoms with Gasteiger partial charge in [0.15, 0.2) is 0 Å². The van der Waals surface area contributed by atoms with E-state index in [1.165, 1.54) is 0 Å². The topological polar surface area (TPSA) is 86.1 Å². The first kappa shape index (κ1) is 15.0. The molecule has 0 bridgehead atoms. The molecule has 1 amide bonds. The maximum Gasteiger partial charge on any atom is 0.259 e. The Kier molecular flexibility index (Phi) is 5.81. The average Bonchev–Trinajstić information content (AvgIpc) is 2.43. The monoisotopic (exact) mass is 282 g/mol. The van der Waals surface area contributed by atoms with Crippen LogP contribution in [-0.4, -0.2) is 29.1 Å². The van der Waals surface area contributed by atoms with E-state index >= 15 is 0 Å². The van der Waals surface area contributed by atoms with Crippen molar-refractivity contribution in [1.29, 1.82) is 0 Å². The first-order chi connectivity index (χ1) is 9.02. The predicted molar refractivity (Wildman–Crippen MR) is 76.1 cm³/mol. The molecule has 0 aliphatic carbocycles. The highest BCUT2D eigenvalue weighted by atomic mass is 35.5. The Morgan fingerprint density at radius 1 is 1.26 bits per heavy atom. The third kappa shape index (κ3) is 5.39. The lowest BCUT2D eigenvalue weighted by atomic mass is 10.3. The minimum Gasteiger partial charge on any atom is -0.411 e. The Balaban J connectivity index is 2.42. The van der Waals surface area contributed by atoms with Crippen molar-refractivity contribution in [2.45, 2.75) is 13.8 Å². The molecule has 102 valence electrons. The maximum absolute atomic E-state index is 11.5. The number of carbonyl (C=O) groups excluding carboxylic acids is 1. The molecule has 0 saturated carbocycles. The largest absolute Gasteiger partial charge is 0.411 e. The Morgan fingerprint density at radius 2 is 1.89 bits per heavy atom. The summed E-state index contributed by atoms with van der Waals surface area (Å²) in [5.74, 6) is -0.306. The van der Waals surface area contributed by atoms with Crippen LogP contribution in [0.15, 0.2) is 34.5 Å². The molecule has 1 rings (SSSR count). The second-order valence-electron chi connectivity index (χ2n) is 3.78. The van der Waals surface area contributed by atoms with E-state index in [2.05, 4.69) is 21.0 Å². The van der Waals surface area contributed by atoms with Gasteiger partial charge in [0.1, 0.15) is 0 Å². The summed E-state index contributed by atoms with van der Waals surface area (Å²) < 4.78 is 0. The second-order valence-corrected chi connectivity index (χ2v) is 4.21. The molecule has 0 aliphatic heterocycles. The number of benzene rings is 1. The minimum absolute atomic E-state index is 0.0771. The highest BCUT2D eigenvalue weighted by molar-refractivity contribution is 6.40. The summed E-state index contributed by atoms with van der Waals surface area (Å²) in [6.07, 6.45) is 0. The van der Waals surface area contributed by atoms with E-state index in [0.29, 0.717) is 16.4 Å². The summed E-state index contributed by atoms with van der Waals surface area (Å²) in [4.78, 5) is 11.5. The van der Waals surface area contributed by atoms with E-state index in [1.807, 2.05) is 0 Å². The molecule has 1 aromatic carbocycles. The van der Waals surface area contributed by atoms with Crippen molar-refractivity contribution < 1.29 is 10.0 Å². The third-order valence-corrected chi connectivity index (χ3v) is 2.57. The summed E-state index contributed by atoms with van der Waals surface area (Å²) in [6.45, 7) is 3.28. The van der Waals surface area contributed by atoms with Gasteiger partial charge in [-0.3, -0.25) is 4.79 Å². The van der Waals surface area contributed by atoms with Crippen molar-refractivity contribution in [2.75, 3.05) is 11.9 Å². The number of anilines is 1. The van der Waals surface area contributed by atoms with Gasteiger partial charge in [-0.2, -0.15) is 5.10 Å². The first-order valence-electron chi connectivity index (χ1n) is 5.54. The number of oxime groups is 1. The molecule has 1 aromatic rings. The van der Waals surface area contributed by atoms with Crippen LogP contribution in [-0.2, 0) is 4.79 Å². The zero-order valence-electron chi connectivity index (χ0n) is 10.6. The standard InChI is InChI=1S/C12H15ClN4O2/c1-8(9(2)17-19)15-16-12(18)7-14-11-5-3-10(13)4-6-11/h3-6,14,19H,7H2,1-2H3,(H,16,18)/b15-8+,17-9+. The quantitative estimate of drug-likeness (QED) is 0.439. The van der Waals surface area contributed by atoms with Crippen LogP contribution in [0.2, 0.25) is 5.02 Å². The molecular formula is C12H15ClN4O2. The first-order valence-corrected chi connectivity index (χ1v) is 5.92. The van der Waals surface area contributed by atoms with Gasteiger partial charge >= 0.3 is 0 Å². The average molecular weight is 283 g/mol. The predicted octanol–water partition coefficient (Wildman–Crippen LogP) is 2.09. The lowest BCUT2D eigenvalue weighted by Gasteiger charge is -2.05. The number of nitrogens with one attached hydrogen (secondary N) is 2. The van der Waals surface area contributed by atoms with Crippen LogP contribution in [0.5, 0.6) is 0 Å². The van der Waals surface area contributed by atoms with Gasteiger partial charge in [-0.15, -0.1) is 0 Å². The van der Waals surface area contributed by atoms with Crippen molar-refractivity contribution >= 4 is 34.6 Å². The number of hydrogen-bond donors (Lipinski definition) is 3. The molecule has 0 fully saturated rings. The van der Waals surface area contributed by atoms with E-state index < -0.39 is 0 Å². The Morgan fingerprint density at radius 3 is 2.47 bits per heavy atom. The molecular weight excluding hydrogens is 268 g/mol. The molecule has 7 heteroatoms. The Labute approximate surface area is 116 Å². The number of carbonyl (C=O) groups is 1. The van der Waals surface area contributed by atoms with Gasteiger partial charge in [0.25, 0.3) is 5.91 Å². The van der Waals surface area contributed by atoms with E-state index in [1.54, 1.807) is 38.1 Å². The lowest BCUT2D eigenvalue weighted by Crippen LogP contribution is -2.27. The molecule has 0 heterocycles. The van der Waals surface area contributed by atoms with Gasteiger partial charge < -0.3 is 10.5 Å². The van der Waals surface area contributed by atoms with Gasteiger partial charge in [-0.1, -0.05) is 16.8 Å². The van der Waals surface area contributed by atoms with E-state index in [4.69, 9.17) is 16.8 Å². The number of hydrazone groups is 1. The van der Waals surface area contributed by atoms with Crippen molar-refractivity contribution in [3.8, 4) is 0 Å². The van der Waals surface area contributed by atoms with Crippen molar-refractivity contribution in [3.05, 3.63) is 29.3 Å². The number of rotatable bonds is 5. The molecule has 0 aliphatic rings. The molecule has 6 nitrogen and oxygen atoms in total. The second kappa shape index (κ2) is 7.38. The molecule has 0 unspecified atom stereocenters. The molecule has 19 heavy (non-hydrogen) atoms. The zero-order valence-corrected chi connectivity index (χ0v) is 11.4. The number of halogens is 1. The highest BCUT2D eigenvalue weighted by Gasteiger charge is 2.01. The van der Waals surface area contributed by atoms with Crippen LogP contribution in [0.4, 0.5) is 5.69 Å². The molecule has 0 aromatic heterocycles. The fourth-order valence-electron chi connectivity index (χ4n) is 1.09. The number of nitrogens with zero attached hydrogens (tertiary/aromatic N) is 2. The fraction of sp³-hybridized carbons (Fsp3) is 0.250. The van der Waals surface area contributed by atoms with Gasteiger partial charge in [0, 0.05) is 10.7 Å². The molecule has 0 spiro atoms. The van der Waals surface area contributed by atoms with Crippen LogP contribution in [0.25, 0.3) is 0 Å². The summed E-state index contributed by atoms with van der Waals surface area (Å²) >= 11 is 5.75.